The fraction of sp³-hybridized carbons (Fsp3) is 0.476. The van der Waals surface area contributed by atoms with Gasteiger partial charge in [-0.1, -0.05) is 25.0 Å². The lowest BCUT2D eigenvalue weighted by molar-refractivity contribution is -0.120. The quantitative estimate of drug-likeness (QED) is 0.742. The maximum Gasteiger partial charge on any atom is 0.298 e. The number of amides is 1. The average molecular weight is 379 g/mol. The summed E-state index contributed by atoms with van der Waals surface area (Å²) >= 11 is 0. The number of benzene rings is 1. The monoisotopic (exact) mass is 379 g/mol. The minimum atomic E-state index is 0.00700. The van der Waals surface area contributed by atoms with Crippen molar-refractivity contribution in [3.05, 3.63) is 36.5 Å². The fourth-order valence-electron chi connectivity index (χ4n) is 4.41. The summed E-state index contributed by atoms with van der Waals surface area (Å²) in [4.78, 5) is 19.5. The van der Waals surface area contributed by atoms with Crippen molar-refractivity contribution in [2.45, 2.75) is 44.6 Å². The van der Waals surface area contributed by atoms with Crippen LogP contribution in [0.4, 0.5) is 11.8 Å². The summed E-state index contributed by atoms with van der Waals surface area (Å²) < 4.78 is 7.86. The van der Waals surface area contributed by atoms with Crippen molar-refractivity contribution in [2.24, 2.45) is 5.92 Å². The fourth-order valence-corrected chi connectivity index (χ4v) is 4.41. The number of oxazole rings is 1. The molecule has 3 heterocycles. The van der Waals surface area contributed by atoms with Gasteiger partial charge in [0, 0.05) is 25.1 Å². The molecule has 0 unspecified atom stereocenters. The van der Waals surface area contributed by atoms with Gasteiger partial charge in [-0.05, 0) is 37.8 Å². The number of nitrogens with one attached hydrogen (secondary N) is 1. The first-order chi connectivity index (χ1) is 13.8. The maximum absolute atomic E-state index is 12.8. The third-order valence-corrected chi connectivity index (χ3v) is 6.01. The molecular weight excluding hydrogens is 354 g/mol. The normalized spacial score (nSPS) is 18.8. The molecule has 2 fully saturated rings. The van der Waals surface area contributed by atoms with Crippen molar-refractivity contribution in [1.29, 1.82) is 0 Å². The van der Waals surface area contributed by atoms with Crippen LogP contribution in [-0.2, 0) is 4.79 Å². The number of nitrogens with zero attached hydrogens (tertiary/aromatic N) is 4. The molecular formula is C21H25N5O2. The van der Waals surface area contributed by atoms with Gasteiger partial charge < -0.3 is 14.6 Å². The van der Waals surface area contributed by atoms with Crippen LogP contribution in [0.25, 0.3) is 11.1 Å². The van der Waals surface area contributed by atoms with Crippen molar-refractivity contribution in [1.82, 2.24) is 14.8 Å². The first kappa shape index (κ1) is 17.3. The Balaban J connectivity index is 1.21. The molecule has 2 aliphatic rings. The number of piperidine rings is 1. The predicted octanol–water partition coefficient (Wildman–Crippen LogP) is 3.99. The molecule has 1 N–H and O–H groups in total. The van der Waals surface area contributed by atoms with Gasteiger partial charge in [0.1, 0.15) is 11.3 Å². The number of fused-ring (bicyclic) bond motifs is 1. The maximum atomic E-state index is 12.8. The zero-order valence-corrected chi connectivity index (χ0v) is 15.9. The van der Waals surface area contributed by atoms with Crippen LogP contribution in [0.5, 0.6) is 0 Å². The largest absolute Gasteiger partial charge is 0.423 e. The van der Waals surface area contributed by atoms with Crippen LogP contribution < -0.4 is 10.2 Å². The van der Waals surface area contributed by atoms with Crippen molar-refractivity contribution >= 4 is 28.8 Å². The van der Waals surface area contributed by atoms with E-state index >= 15 is 0 Å². The minimum absolute atomic E-state index is 0.00700. The van der Waals surface area contributed by atoms with Crippen LogP contribution in [0.2, 0.25) is 0 Å². The lowest BCUT2D eigenvalue weighted by Crippen LogP contribution is -2.38. The molecule has 0 spiro atoms. The van der Waals surface area contributed by atoms with E-state index in [9.17, 15) is 4.79 Å². The number of para-hydroxylation sites is 2. The lowest BCUT2D eigenvalue weighted by Gasteiger charge is -2.30. The Morgan fingerprint density at radius 1 is 1.07 bits per heavy atom. The Morgan fingerprint density at radius 2 is 1.86 bits per heavy atom. The van der Waals surface area contributed by atoms with E-state index in [0.29, 0.717) is 12.1 Å². The van der Waals surface area contributed by atoms with Crippen molar-refractivity contribution in [2.75, 3.05) is 23.3 Å². The Labute approximate surface area is 163 Å². The average Bonchev–Trinajstić information content (AvgIpc) is 3.47. The third kappa shape index (κ3) is 3.25. The molecule has 1 saturated carbocycles. The second-order valence-electron chi connectivity index (χ2n) is 7.81. The molecule has 1 aliphatic carbocycles. The molecule has 1 aliphatic heterocycles. The topological polar surface area (TPSA) is 76.2 Å². The highest BCUT2D eigenvalue weighted by Gasteiger charge is 2.28. The number of carbonyl (C=O) groups excluding carboxylic acids is 1. The van der Waals surface area contributed by atoms with Crippen LogP contribution >= 0.6 is 0 Å². The molecule has 3 aromatic rings. The number of rotatable bonds is 4. The molecule has 5 rings (SSSR count). The van der Waals surface area contributed by atoms with E-state index in [1.54, 1.807) is 6.20 Å². The molecule has 2 aromatic heterocycles. The molecule has 1 amide bonds. The zero-order chi connectivity index (χ0) is 18.9. The number of anilines is 2. The van der Waals surface area contributed by atoms with Crippen molar-refractivity contribution < 1.29 is 9.21 Å². The minimum Gasteiger partial charge on any atom is -0.423 e. The van der Waals surface area contributed by atoms with E-state index in [-0.39, 0.29) is 11.8 Å². The second kappa shape index (κ2) is 7.30. The highest BCUT2D eigenvalue weighted by molar-refractivity contribution is 5.92. The zero-order valence-electron chi connectivity index (χ0n) is 15.9. The van der Waals surface area contributed by atoms with Crippen LogP contribution in [-0.4, -0.2) is 33.8 Å². The molecule has 0 bridgehead atoms. The number of aromatic nitrogens is 3. The molecule has 146 valence electrons. The van der Waals surface area contributed by atoms with E-state index in [2.05, 4.69) is 20.3 Å². The Bertz CT molecular complexity index is 931. The summed E-state index contributed by atoms with van der Waals surface area (Å²) in [7, 11) is 0. The Kier molecular flexibility index (Phi) is 4.50. The Morgan fingerprint density at radius 3 is 2.64 bits per heavy atom. The second-order valence-corrected chi connectivity index (χ2v) is 7.81. The van der Waals surface area contributed by atoms with Gasteiger partial charge in [-0.25, -0.2) is 4.68 Å². The summed E-state index contributed by atoms with van der Waals surface area (Å²) in [6.45, 7) is 1.54. The number of hydrogen-bond acceptors (Lipinski definition) is 5. The van der Waals surface area contributed by atoms with Crippen LogP contribution in [0, 0.1) is 5.92 Å². The third-order valence-electron chi connectivity index (χ3n) is 6.01. The molecule has 28 heavy (non-hydrogen) atoms. The van der Waals surface area contributed by atoms with Crippen LogP contribution in [0.3, 0.4) is 0 Å². The van der Waals surface area contributed by atoms with E-state index in [0.717, 1.165) is 55.7 Å². The van der Waals surface area contributed by atoms with Gasteiger partial charge in [0.15, 0.2) is 5.58 Å². The van der Waals surface area contributed by atoms with Gasteiger partial charge in [0.25, 0.3) is 6.01 Å². The molecule has 0 atom stereocenters. The number of hydrogen-bond donors (Lipinski definition) is 1. The smallest absolute Gasteiger partial charge is 0.298 e. The molecule has 0 radical (unpaired) electrons. The van der Waals surface area contributed by atoms with Gasteiger partial charge >= 0.3 is 0 Å². The molecule has 1 aromatic carbocycles. The van der Waals surface area contributed by atoms with Gasteiger partial charge in [-0.2, -0.15) is 10.1 Å². The lowest BCUT2D eigenvalue weighted by atomic mass is 9.96. The molecule has 7 nitrogen and oxygen atoms in total. The predicted molar refractivity (Wildman–Crippen MR) is 107 cm³/mol. The summed E-state index contributed by atoms with van der Waals surface area (Å²) in [6.07, 6.45) is 8.15. The number of carbonyl (C=O) groups is 1. The summed E-state index contributed by atoms with van der Waals surface area (Å²) in [5.74, 6) is 0.933. The summed E-state index contributed by atoms with van der Waals surface area (Å²) in [5, 5.41) is 7.56. The van der Waals surface area contributed by atoms with Gasteiger partial charge in [0.2, 0.25) is 5.91 Å². The first-order valence-electron chi connectivity index (χ1n) is 10.2. The van der Waals surface area contributed by atoms with Gasteiger partial charge in [-0.15, -0.1) is 0 Å². The van der Waals surface area contributed by atoms with Crippen molar-refractivity contribution in [3.63, 3.8) is 0 Å². The van der Waals surface area contributed by atoms with Crippen LogP contribution in [0.15, 0.2) is 40.9 Å². The van der Waals surface area contributed by atoms with Gasteiger partial charge in [0.05, 0.1) is 12.2 Å². The Hall–Kier alpha value is -2.83. The van der Waals surface area contributed by atoms with E-state index in [1.165, 1.54) is 12.8 Å². The van der Waals surface area contributed by atoms with Crippen molar-refractivity contribution in [3.8, 4) is 0 Å². The molecule has 1 saturated heterocycles. The molecule has 7 heteroatoms. The first-order valence-corrected chi connectivity index (χ1v) is 10.2. The summed E-state index contributed by atoms with van der Waals surface area (Å²) in [5.41, 5.74) is 1.68. The summed E-state index contributed by atoms with van der Waals surface area (Å²) in [6, 6.07) is 10.8. The SMILES string of the molecule is O=C(Nc1ccnn1C1CCCC1)C1CCN(c2nc3ccccc3o2)CC1. The van der Waals surface area contributed by atoms with E-state index < -0.39 is 0 Å². The van der Waals surface area contributed by atoms with E-state index in [4.69, 9.17) is 4.42 Å². The standard InChI is InChI=1S/C21H25N5O2/c27-20(24-19-9-12-22-26(19)16-5-1-2-6-16)15-10-13-25(14-11-15)21-23-17-7-3-4-8-18(17)28-21/h3-4,7-9,12,15-16H,1-2,5-6,10-11,13-14H2,(H,24,27). The highest BCUT2D eigenvalue weighted by Crippen LogP contribution is 2.32. The van der Waals surface area contributed by atoms with Gasteiger partial charge in [-0.3, -0.25) is 4.79 Å². The van der Waals surface area contributed by atoms with E-state index in [1.807, 2.05) is 35.0 Å². The van der Waals surface area contributed by atoms with Crippen LogP contribution in [0.1, 0.15) is 44.6 Å². The highest BCUT2D eigenvalue weighted by atomic mass is 16.4.